The van der Waals surface area contributed by atoms with Crippen LogP contribution in [0.4, 0.5) is 0 Å². The Kier molecular flexibility index (Phi) is 48.9. The van der Waals surface area contributed by atoms with E-state index in [9.17, 15) is 14.4 Å². The van der Waals surface area contributed by atoms with Crippen molar-refractivity contribution in [1.29, 1.82) is 0 Å². The number of rotatable bonds is 47. The quantitative estimate of drug-likeness (QED) is 0.0262. The lowest BCUT2D eigenvalue weighted by Crippen LogP contribution is -2.30. The van der Waals surface area contributed by atoms with E-state index in [1.165, 1.54) is 83.5 Å². The lowest BCUT2D eigenvalue weighted by atomic mass is 10.1. The second kappa shape index (κ2) is 51.5. The Morgan fingerprint density at radius 3 is 0.984 bits per heavy atom. The number of hydrogen-bond acceptors (Lipinski definition) is 6. The smallest absolute Gasteiger partial charge is 0.306 e. The molecule has 0 aliphatic carbocycles. The van der Waals surface area contributed by atoms with Crippen LogP contribution in [0.25, 0.3) is 0 Å². The summed E-state index contributed by atoms with van der Waals surface area (Å²) < 4.78 is 16.8. The molecule has 0 aliphatic heterocycles. The number of carbonyl (C=O) groups excluding carboxylic acids is 3. The summed E-state index contributed by atoms with van der Waals surface area (Å²) >= 11 is 0. The molecule has 0 amide bonds. The molecule has 0 radical (unpaired) electrons. The fourth-order valence-corrected chi connectivity index (χ4v) is 7.11. The molecule has 63 heavy (non-hydrogen) atoms. The molecule has 0 saturated carbocycles. The Morgan fingerprint density at radius 1 is 0.317 bits per heavy atom. The summed E-state index contributed by atoms with van der Waals surface area (Å²) in [5.41, 5.74) is 0. The molecule has 6 nitrogen and oxygen atoms in total. The lowest BCUT2D eigenvalue weighted by molar-refractivity contribution is -0.167. The summed E-state index contributed by atoms with van der Waals surface area (Å²) in [7, 11) is 0. The third-order valence-corrected chi connectivity index (χ3v) is 11.1. The number of esters is 3. The van der Waals surface area contributed by atoms with Crippen LogP contribution in [0.5, 0.6) is 0 Å². The van der Waals surface area contributed by atoms with Crippen molar-refractivity contribution >= 4 is 17.9 Å². The molecule has 0 aliphatic rings. The van der Waals surface area contributed by atoms with Gasteiger partial charge in [0, 0.05) is 19.3 Å². The molecule has 0 bridgehead atoms. The molecule has 1 unspecified atom stereocenters. The van der Waals surface area contributed by atoms with Crippen LogP contribution in [0, 0.1) is 0 Å². The molecule has 0 rings (SSSR count). The molecule has 0 N–H and O–H groups in total. The van der Waals surface area contributed by atoms with E-state index in [-0.39, 0.29) is 31.1 Å². The maximum absolute atomic E-state index is 12.8. The Bertz CT molecular complexity index is 1190. The largest absolute Gasteiger partial charge is 0.462 e. The van der Waals surface area contributed by atoms with Crippen LogP contribution < -0.4 is 0 Å². The van der Waals surface area contributed by atoms with Crippen LogP contribution >= 0.6 is 0 Å². The van der Waals surface area contributed by atoms with Crippen molar-refractivity contribution in [2.24, 2.45) is 0 Å². The van der Waals surface area contributed by atoms with E-state index in [1.807, 2.05) is 0 Å². The van der Waals surface area contributed by atoms with Gasteiger partial charge < -0.3 is 14.2 Å². The summed E-state index contributed by atoms with van der Waals surface area (Å²) in [6, 6.07) is 0. The van der Waals surface area contributed by atoms with Crippen molar-refractivity contribution in [3.8, 4) is 0 Å². The van der Waals surface area contributed by atoms with E-state index in [2.05, 4.69) is 93.7 Å². The van der Waals surface area contributed by atoms with Crippen LogP contribution in [0.1, 0.15) is 252 Å². The van der Waals surface area contributed by atoms with Gasteiger partial charge >= 0.3 is 17.9 Å². The van der Waals surface area contributed by atoms with E-state index in [0.29, 0.717) is 19.3 Å². The first-order valence-corrected chi connectivity index (χ1v) is 26.4. The molecule has 0 aromatic heterocycles. The third kappa shape index (κ3) is 49.7. The first kappa shape index (κ1) is 59.9. The van der Waals surface area contributed by atoms with Crippen molar-refractivity contribution in [3.63, 3.8) is 0 Å². The van der Waals surface area contributed by atoms with Gasteiger partial charge in [-0.05, 0) is 103 Å². The van der Waals surface area contributed by atoms with Crippen LogP contribution in [0.2, 0.25) is 0 Å². The Morgan fingerprint density at radius 2 is 0.619 bits per heavy atom. The molecule has 6 heteroatoms. The molecular formula is C57H98O6. The fourth-order valence-electron chi connectivity index (χ4n) is 7.11. The number of carbonyl (C=O) groups is 3. The minimum Gasteiger partial charge on any atom is -0.462 e. The van der Waals surface area contributed by atoms with Gasteiger partial charge in [-0.3, -0.25) is 14.4 Å². The summed E-state index contributed by atoms with van der Waals surface area (Å²) in [4.78, 5) is 38.0. The van der Waals surface area contributed by atoms with E-state index in [1.54, 1.807) is 0 Å². The Balaban J connectivity index is 4.41. The predicted molar refractivity (Wildman–Crippen MR) is 270 cm³/mol. The van der Waals surface area contributed by atoms with E-state index >= 15 is 0 Å². The minimum absolute atomic E-state index is 0.0901. The zero-order chi connectivity index (χ0) is 45.8. The monoisotopic (exact) mass is 879 g/mol. The third-order valence-electron chi connectivity index (χ3n) is 11.1. The lowest BCUT2D eigenvalue weighted by Gasteiger charge is -2.18. The highest BCUT2D eigenvalue weighted by Gasteiger charge is 2.19. The number of unbranched alkanes of at least 4 members (excludes halogenated alkanes) is 24. The summed E-state index contributed by atoms with van der Waals surface area (Å²) in [6.45, 7) is 6.49. The topological polar surface area (TPSA) is 78.9 Å². The van der Waals surface area contributed by atoms with Gasteiger partial charge in [0.1, 0.15) is 13.2 Å². The van der Waals surface area contributed by atoms with Crippen LogP contribution in [0.3, 0.4) is 0 Å². The normalized spacial score (nSPS) is 12.6. The predicted octanol–water partition coefficient (Wildman–Crippen LogP) is 17.4. The summed E-state index contributed by atoms with van der Waals surface area (Å²) in [6.07, 6.45) is 64.5. The maximum atomic E-state index is 12.8. The molecule has 0 heterocycles. The molecular weight excluding hydrogens is 781 g/mol. The molecule has 0 spiro atoms. The van der Waals surface area contributed by atoms with Gasteiger partial charge in [0.2, 0.25) is 0 Å². The second-order valence-corrected chi connectivity index (χ2v) is 17.4. The van der Waals surface area contributed by atoms with Gasteiger partial charge in [-0.15, -0.1) is 0 Å². The molecule has 0 aromatic rings. The van der Waals surface area contributed by atoms with Gasteiger partial charge in [0.25, 0.3) is 0 Å². The van der Waals surface area contributed by atoms with E-state index in [4.69, 9.17) is 14.2 Å². The standard InChI is InChI=1S/C57H98O6/c1-4-7-10-13-16-19-22-25-27-28-29-30-33-35-38-41-44-47-50-56(59)62-53-54(52-61-55(58)49-46-43-40-37-34-31-24-21-18-15-12-9-6-3)63-57(60)51-48-45-42-39-36-32-26-23-20-17-14-11-8-5-2/h12,14-15,17,19,21-24,26-28,54H,4-11,13,16,18,20,25,29-53H2,1-3H3/b15-12-,17-14-,22-19-,24-21-,26-23-,28-27-. The first-order chi connectivity index (χ1) is 31.0. The Labute approximate surface area is 389 Å². The highest BCUT2D eigenvalue weighted by Crippen LogP contribution is 2.14. The van der Waals surface area contributed by atoms with Crippen LogP contribution in [-0.4, -0.2) is 37.2 Å². The SMILES string of the molecule is CCC/C=C\C/C=C\CCCCCCCC(=O)OCC(COC(=O)CCCCCCCCC/C=C\C/C=C\CCCCCC)OC(=O)CCCCCCC/C=C\C/C=C\CCCC. The van der Waals surface area contributed by atoms with Gasteiger partial charge in [0.05, 0.1) is 0 Å². The van der Waals surface area contributed by atoms with Gasteiger partial charge in [-0.25, -0.2) is 0 Å². The van der Waals surface area contributed by atoms with Gasteiger partial charge in [0.15, 0.2) is 6.10 Å². The van der Waals surface area contributed by atoms with Crippen molar-refractivity contribution in [2.45, 2.75) is 258 Å². The number of ether oxygens (including phenoxy) is 3. The molecule has 362 valence electrons. The maximum Gasteiger partial charge on any atom is 0.306 e. The average Bonchev–Trinajstić information content (AvgIpc) is 3.28. The molecule has 0 saturated heterocycles. The van der Waals surface area contributed by atoms with Crippen molar-refractivity contribution in [2.75, 3.05) is 13.2 Å². The van der Waals surface area contributed by atoms with E-state index in [0.717, 1.165) is 128 Å². The number of allylic oxidation sites excluding steroid dienone is 12. The molecule has 0 fully saturated rings. The average molecular weight is 879 g/mol. The van der Waals surface area contributed by atoms with Crippen molar-refractivity contribution in [3.05, 3.63) is 72.9 Å². The highest BCUT2D eigenvalue weighted by atomic mass is 16.6. The first-order valence-electron chi connectivity index (χ1n) is 26.4. The number of hydrogen-bond donors (Lipinski definition) is 0. The van der Waals surface area contributed by atoms with Crippen molar-refractivity contribution < 1.29 is 28.6 Å². The molecule has 0 aromatic carbocycles. The Hall–Kier alpha value is -3.15. The van der Waals surface area contributed by atoms with Crippen LogP contribution in [0.15, 0.2) is 72.9 Å². The second-order valence-electron chi connectivity index (χ2n) is 17.4. The van der Waals surface area contributed by atoms with Crippen LogP contribution in [-0.2, 0) is 28.6 Å². The van der Waals surface area contributed by atoms with Gasteiger partial charge in [-0.2, -0.15) is 0 Å². The minimum atomic E-state index is -0.791. The summed E-state index contributed by atoms with van der Waals surface area (Å²) in [5, 5.41) is 0. The molecule has 1 atom stereocenters. The zero-order valence-corrected chi connectivity index (χ0v) is 41.3. The van der Waals surface area contributed by atoms with Gasteiger partial charge in [-0.1, -0.05) is 203 Å². The zero-order valence-electron chi connectivity index (χ0n) is 41.3. The van der Waals surface area contributed by atoms with E-state index < -0.39 is 6.10 Å². The summed E-state index contributed by atoms with van der Waals surface area (Å²) in [5.74, 6) is -0.924. The fraction of sp³-hybridized carbons (Fsp3) is 0.737. The van der Waals surface area contributed by atoms with Crippen molar-refractivity contribution in [1.82, 2.24) is 0 Å². The highest BCUT2D eigenvalue weighted by molar-refractivity contribution is 5.71.